The van der Waals surface area contributed by atoms with Gasteiger partial charge in [0.2, 0.25) is 11.6 Å². The number of nitrogens with one attached hydrogen (secondary N) is 1. The summed E-state index contributed by atoms with van der Waals surface area (Å²) in [7, 11) is 0. The van der Waals surface area contributed by atoms with Crippen LogP contribution in [-0.2, 0) is 4.79 Å². The molecule has 3 heterocycles. The Bertz CT molecular complexity index is 765. The first-order valence-electron chi connectivity index (χ1n) is 9.69. The Kier molecular flexibility index (Phi) is 5.18. The minimum Gasteiger partial charge on any atom is -0.422 e. The van der Waals surface area contributed by atoms with Gasteiger partial charge in [-0.05, 0) is 56.6 Å². The maximum absolute atomic E-state index is 12.3. The van der Waals surface area contributed by atoms with Gasteiger partial charge in [-0.2, -0.15) is 4.98 Å². The van der Waals surface area contributed by atoms with Crippen molar-refractivity contribution in [3.05, 3.63) is 30.0 Å². The van der Waals surface area contributed by atoms with Crippen molar-refractivity contribution in [2.24, 2.45) is 5.92 Å². The molecule has 0 aromatic carbocycles. The zero-order chi connectivity index (χ0) is 17.8. The van der Waals surface area contributed by atoms with Crippen molar-refractivity contribution in [1.29, 1.82) is 0 Å². The molecule has 4 rings (SSSR count). The van der Waals surface area contributed by atoms with Crippen LogP contribution in [0.5, 0.6) is 0 Å². The largest absolute Gasteiger partial charge is 0.422 e. The molecule has 6 heteroatoms. The third-order valence-electron chi connectivity index (χ3n) is 5.31. The average Bonchev–Trinajstić information content (AvgIpc) is 3.12. The number of pyridine rings is 1. The summed E-state index contributed by atoms with van der Waals surface area (Å²) < 4.78 is 5.83. The van der Waals surface area contributed by atoms with Gasteiger partial charge < -0.3 is 14.6 Å². The molecule has 138 valence electrons. The topological polar surface area (TPSA) is 71.3 Å². The normalized spacial score (nSPS) is 20.8. The van der Waals surface area contributed by atoms with Crippen LogP contribution in [0.4, 0.5) is 6.01 Å². The van der Waals surface area contributed by atoms with Gasteiger partial charge in [-0.25, -0.2) is 4.98 Å². The number of aromatic nitrogens is 2. The number of piperidine rings is 1. The first-order valence-corrected chi connectivity index (χ1v) is 9.69. The summed E-state index contributed by atoms with van der Waals surface area (Å²) in [5.41, 5.74) is 2.74. The monoisotopic (exact) mass is 354 g/mol. The molecule has 1 aliphatic carbocycles. The van der Waals surface area contributed by atoms with Crippen molar-refractivity contribution in [2.75, 3.05) is 24.5 Å². The number of nitrogens with zero attached hydrogens (tertiary/aromatic N) is 3. The highest BCUT2D eigenvalue weighted by atomic mass is 16.4. The summed E-state index contributed by atoms with van der Waals surface area (Å²) in [6, 6.07) is 4.35. The van der Waals surface area contributed by atoms with Crippen LogP contribution in [0.1, 0.15) is 44.9 Å². The first-order chi connectivity index (χ1) is 12.8. The number of allylic oxidation sites excluding steroid dienone is 1. The molecule has 2 aromatic heterocycles. The number of amides is 1. The Labute approximate surface area is 153 Å². The second-order valence-electron chi connectivity index (χ2n) is 7.36. The number of rotatable bonds is 5. The zero-order valence-electron chi connectivity index (χ0n) is 15.1. The number of carbonyl (C=O) groups excluding carboxylic acids is 1. The lowest BCUT2D eigenvalue weighted by Gasteiger charge is -2.31. The molecule has 0 spiro atoms. The number of carbonyl (C=O) groups is 1. The Hall–Kier alpha value is -2.37. The molecular weight excluding hydrogens is 328 g/mol. The van der Waals surface area contributed by atoms with Gasteiger partial charge in [0.25, 0.3) is 6.01 Å². The van der Waals surface area contributed by atoms with Crippen molar-refractivity contribution in [3.8, 4) is 0 Å². The van der Waals surface area contributed by atoms with Crippen LogP contribution in [0.25, 0.3) is 11.2 Å². The SMILES string of the molecule is O=C(CC1CCCN(c2nc3ncccc3o2)C1)NCC1=CCCCC1. The van der Waals surface area contributed by atoms with Crippen LogP contribution >= 0.6 is 0 Å². The van der Waals surface area contributed by atoms with E-state index in [1.165, 1.54) is 18.4 Å². The lowest BCUT2D eigenvalue weighted by molar-refractivity contribution is -0.121. The highest BCUT2D eigenvalue weighted by Gasteiger charge is 2.25. The molecule has 1 unspecified atom stereocenters. The van der Waals surface area contributed by atoms with Crippen LogP contribution in [0.15, 0.2) is 34.4 Å². The highest BCUT2D eigenvalue weighted by Crippen LogP contribution is 2.27. The van der Waals surface area contributed by atoms with Gasteiger partial charge in [0.1, 0.15) is 0 Å². The molecule has 26 heavy (non-hydrogen) atoms. The molecule has 0 saturated carbocycles. The van der Waals surface area contributed by atoms with Gasteiger partial charge in [-0.1, -0.05) is 11.6 Å². The second-order valence-corrected chi connectivity index (χ2v) is 7.36. The summed E-state index contributed by atoms with van der Waals surface area (Å²) in [6.45, 7) is 2.44. The van der Waals surface area contributed by atoms with E-state index >= 15 is 0 Å². The number of hydrogen-bond donors (Lipinski definition) is 1. The van der Waals surface area contributed by atoms with Crippen molar-refractivity contribution >= 4 is 23.2 Å². The van der Waals surface area contributed by atoms with E-state index in [0.29, 0.717) is 36.1 Å². The van der Waals surface area contributed by atoms with Gasteiger partial charge in [-0.3, -0.25) is 4.79 Å². The summed E-state index contributed by atoms with van der Waals surface area (Å²) >= 11 is 0. The molecule has 1 amide bonds. The van der Waals surface area contributed by atoms with Gasteiger partial charge >= 0.3 is 0 Å². The standard InChI is InChI=1S/C20H26N4O2/c25-18(22-13-15-6-2-1-3-7-15)12-16-8-5-11-24(14-16)20-23-19-17(26-20)9-4-10-21-19/h4,6,9-10,16H,1-3,5,7-8,11-14H2,(H,22,25). The number of fused-ring (bicyclic) bond motifs is 1. The van der Waals surface area contributed by atoms with Crippen LogP contribution in [0.2, 0.25) is 0 Å². The number of oxazole rings is 1. The van der Waals surface area contributed by atoms with Gasteiger partial charge in [0.05, 0.1) is 0 Å². The lowest BCUT2D eigenvalue weighted by atomic mass is 9.94. The molecule has 1 fully saturated rings. The van der Waals surface area contributed by atoms with Crippen LogP contribution in [0.3, 0.4) is 0 Å². The summed E-state index contributed by atoms with van der Waals surface area (Å²) in [5.74, 6) is 0.495. The predicted octanol–water partition coefficient (Wildman–Crippen LogP) is 3.45. The van der Waals surface area contributed by atoms with Crippen LogP contribution in [0, 0.1) is 5.92 Å². The molecule has 6 nitrogen and oxygen atoms in total. The molecule has 0 bridgehead atoms. The Morgan fingerprint density at radius 3 is 3.15 bits per heavy atom. The molecule has 1 saturated heterocycles. The molecule has 2 aromatic rings. The van der Waals surface area contributed by atoms with E-state index in [9.17, 15) is 4.79 Å². The predicted molar refractivity (Wildman–Crippen MR) is 101 cm³/mol. The fourth-order valence-electron chi connectivity index (χ4n) is 3.91. The zero-order valence-corrected chi connectivity index (χ0v) is 15.1. The van der Waals surface area contributed by atoms with Crippen LogP contribution < -0.4 is 10.2 Å². The molecule has 1 N–H and O–H groups in total. The van der Waals surface area contributed by atoms with E-state index in [4.69, 9.17) is 4.42 Å². The minimum absolute atomic E-state index is 0.155. The second kappa shape index (κ2) is 7.89. The number of anilines is 1. The van der Waals surface area contributed by atoms with Crippen molar-refractivity contribution in [1.82, 2.24) is 15.3 Å². The average molecular weight is 354 g/mol. The van der Waals surface area contributed by atoms with Gasteiger partial charge in [-0.15, -0.1) is 0 Å². The summed E-state index contributed by atoms with van der Waals surface area (Å²) in [4.78, 5) is 23.2. The summed E-state index contributed by atoms with van der Waals surface area (Å²) in [6.07, 6.45) is 11.5. The van der Waals surface area contributed by atoms with Crippen molar-refractivity contribution in [2.45, 2.75) is 44.9 Å². The first kappa shape index (κ1) is 17.1. The molecule has 1 atom stereocenters. The molecule has 1 aliphatic heterocycles. The van der Waals surface area contributed by atoms with E-state index in [2.05, 4.69) is 26.3 Å². The van der Waals surface area contributed by atoms with Crippen molar-refractivity contribution in [3.63, 3.8) is 0 Å². The quantitative estimate of drug-likeness (QED) is 0.833. The maximum atomic E-state index is 12.3. The Balaban J connectivity index is 1.31. The van der Waals surface area contributed by atoms with Gasteiger partial charge in [0, 0.05) is 32.3 Å². The molecule has 2 aliphatic rings. The maximum Gasteiger partial charge on any atom is 0.299 e. The van der Waals surface area contributed by atoms with E-state index in [0.717, 1.165) is 38.8 Å². The third kappa shape index (κ3) is 4.06. The van der Waals surface area contributed by atoms with E-state index in [1.54, 1.807) is 6.20 Å². The summed E-state index contributed by atoms with van der Waals surface area (Å²) in [5, 5.41) is 3.10. The van der Waals surface area contributed by atoms with E-state index < -0.39 is 0 Å². The third-order valence-corrected chi connectivity index (χ3v) is 5.31. The molecule has 0 radical (unpaired) electrons. The number of hydrogen-bond acceptors (Lipinski definition) is 5. The van der Waals surface area contributed by atoms with E-state index in [1.807, 2.05) is 12.1 Å². The fourth-order valence-corrected chi connectivity index (χ4v) is 3.91. The lowest BCUT2D eigenvalue weighted by Crippen LogP contribution is -2.38. The Morgan fingerprint density at radius 2 is 2.31 bits per heavy atom. The van der Waals surface area contributed by atoms with Gasteiger partial charge in [0.15, 0.2) is 5.58 Å². The molecular formula is C20H26N4O2. The minimum atomic E-state index is 0.155. The Morgan fingerprint density at radius 1 is 1.35 bits per heavy atom. The van der Waals surface area contributed by atoms with Crippen molar-refractivity contribution < 1.29 is 9.21 Å². The highest BCUT2D eigenvalue weighted by molar-refractivity contribution is 5.76. The van der Waals surface area contributed by atoms with Crippen LogP contribution in [-0.4, -0.2) is 35.5 Å². The fraction of sp³-hybridized carbons (Fsp3) is 0.550. The smallest absolute Gasteiger partial charge is 0.299 e. The van der Waals surface area contributed by atoms with E-state index in [-0.39, 0.29) is 5.91 Å².